The molecule has 110 valence electrons. The zero-order valence-corrected chi connectivity index (χ0v) is 11.6. The monoisotopic (exact) mass is 296 g/mol. The van der Waals surface area contributed by atoms with Crippen LogP contribution in [0.5, 0.6) is 0 Å². The first-order valence-electron chi connectivity index (χ1n) is 6.79. The number of carbonyl (C=O) groups is 1. The van der Waals surface area contributed by atoms with Crippen molar-refractivity contribution >= 4 is 16.8 Å². The molecule has 0 atom stereocenters. The molecular formula is C17H13FN2O2. The van der Waals surface area contributed by atoms with Gasteiger partial charge in [0.05, 0.1) is 0 Å². The van der Waals surface area contributed by atoms with Crippen molar-refractivity contribution in [2.24, 2.45) is 0 Å². The lowest BCUT2D eigenvalue weighted by Gasteiger charge is -2.06. The van der Waals surface area contributed by atoms with Crippen molar-refractivity contribution in [2.45, 2.75) is 6.54 Å². The maximum atomic E-state index is 13.5. The molecule has 0 unspecified atom stereocenters. The lowest BCUT2D eigenvalue weighted by molar-refractivity contribution is 0.0949. The first kappa shape index (κ1) is 14.0. The van der Waals surface area contributed by atoms with E-state index in [1.165, 1.54) is 12.1 Å². The number of H-pyrrole nitrogens is 1. The number of fused-ring (bicyclic) bond motifs is 1. The van der Waals surface area contributed by atoms with E-state index in [-0.39, 0.29) is 12.1 Å². The third-order valence-corrected chi connectivity index (χ3v) is 3.40. The molecule has 0 saturated heterocycles. The molecule has 2 N–H and O–H groups in total. The van der Waals surface area contributed by atoms with Gasteiger partial charge in [0.15, 0.2) is 0 Å². The van der Waals surface area contributed by atoms with Gasteiger partial charge in [0.25, 0.3) is 11.5 Å². The molecule has 4 nitrogen and oxygen atoms in total. The summed E-state index contributed by atoms with van der Waals surface area (Å²) in [6.07, 6.45) is 0. The molecular weight excluding hydrogens is 283 g/mol. The maximum absolute atomic E-state index is 13.5. The Morgan fingerprint density at radius 3 is 2.64 bits per heavy atom. The van der Waals surface area contributed by atoms with E-state index in [9.17, 15) is 14.0 Å². The van der Waals surface area contributed by atoms with Crippen LogP contribution in [0.25, 0.3) is 10.9 Å². The molecule has 5 heteroatoms. The molecule has 0 radical (unpaired) electrons. The fraction of sp³-hybridized carbons (Fsp3) is 0.0588. The number of halogens is 1. The number of hydrogen-bond donors (Lipinski definition) is 2. The van der Waals surface area contributed by atoms with Crippen molar-refractivity contribution in [3.8, 4) is 0 Å². The molecule has 1 amide bonds. The van der Waals surface area contributed by atoms with E-state index < -0.39 is 17.3 Å². The third-order valence-electron chi connectivity index (χ3n) is 3.40. The smallest absolute Gasteiger partial charge is 0.261 e. The van der Waals surface area contributed by atoms with Crippen LogP contribution < -0.4 is 10.9 Å². The molecule has 0 saturated carbocycles. The lowest BCUT2D eigenvalue weighted by Crippen LogP contribution is -2.29. The van der Waals surface area contributed by atoms with E-state index in [1.807, 2.05) is 6.07 Å². The zero-order valence-electron chi connectivity index (χ0n) is 11.6. The standard InChI is InChI=1S/C17H13FN2O2/c18-14-7-3-1-6-12(14)10-19-16(21)13-9-11-5-2-4-8-15(11)20-17(13)22/h1-9H,10H2,(H,19,21)(H,20,22). The average Bonchev–Trinajstić information content (AvgIpc) is 2.53. The Labute approximate surface area is 125 Å². The molecule has 0 fully saturated rings. The second-order valence-corrected chi connectivity index (χ2v) is 4.87. The predicted octanol–water partition coefficient (Wildman–Crippen LogP) is 2.60. The van der Waals surface area contributed by atoms with Crippen LogP contribution in [0.2, 0.25) is 0 Å². The number of benzene rings is 2. The number of carbonyl (C=O) groups excluding carboxylic acids is 1. The summed E-state index contributed by atoms with van der Waals surface area (Å²) in [5, 5.41) is 3.32. The van der Waals surface area contributed by atoms with E-state index in [0.29, 0.717) is 11.1 Å². The van der Waals surface area contributed by atoms with E-state index in [1.54, 1.807) is 36.4 Å². The number of hydrogen-bond acceptors (Lipinski definition) is 2. The van der Waals surface area contributed by atoms with E-state index in [0.717, 1.165) is 5.39 Å². The average molecular weight is 296 g/mol. The van der Waals surface area contributed by atoms with Gasteiger partial charge in [-0.2, -0.15) is 0 Å². The number of aromatic nitrogens is 1. The fourth-order valence-corrected chi connectivity index (χ4v) is 2.23. The normalized spacial score (nSPS) is 10.6. The minimum Gasteiger partial charge on any atom is -0.348 e. The number of amides is 1. The highest BCUT2D eigenvalue weighted by molar-refractivity contribution is 5.97. The van der Waals surface area contributed by atoms with Gasteiger partial charge in [0, 0.05) is 17.6 Å². The quantitative estimate of drug-likeness (QED) is 0.780. The van der Waals surface area contributed by atoms with Crippen molar-refractivity contribution < 1.29 is 9.18 Å². The van der Waals surface area contributed by atoms with Crippen LogP contribution in [-0.4, -0.2) is 10.9 Å². The van der Waals surface area contributed by atoms with Crippen molar-refractivity contribution in [1.29, 1.82) is 0 Å². The molecule has 0 aliphatic carbocycles. The molecule has 3 aromatic rings. The number of rotatable bonds is 3. The Hall–Kier alpha value is -2.95. The highest BCUT2D eigenvalue weighted by atomic mass is 19.1. The summed E-state index contributed by atoms with van der Waals surface area (Å²) in [6.45, 7) is 0.0256. The van der Waals surface area contributed by atoms with Gasteiger partial charge in [0.1, 0.15) is 11.4 Å². The van der Waals surface area contributed by atoms with Crippen LogP contribution in [0.15, 0.2) is 59.4 Å². The van der Waals surface area contributed by atoms with E-state index in [4.69, 9.17) is 0 Å². The second-order valence-electron chi connectivity index (χ2n) is 4.87. The first-order chi connectivity index (χ1) is 10.6. The Morgan fingerprint density at radius 2 is 1.82 bits per heavy atom. The number of para-hydroxylation sites is 1. The number of aromatic amines is 1. The summed E-state index contributed by atoms with van der Waals surface area (Å²) in [4.78, 5) is 26.8. The number of pyridine rings is 1. The van der Waals surface area contributed by atoms with Crippen LogP contribution in [0.3, 0.4) is 0 Å². The van der Waals surface area contributed by atoms with Gasteiger partial charge in [0.2, 0.25) is 0 Å². The Bertz CT molecular complexity index is 902. The molecule has 0 spiro atoms. The molecule has 22 heavy (non-hydrogen) atoms. The first-order valence-corrected chi connectivity index (χ1v) is 6.79. The topological polar surface area (TPSA) is 62.0 Å². The number of nitrogens with one attached hydrogen (secondary N) is 2. The second kappa shape index (κ2) is 5.81. The summed E-state index contributed by atoms with van der Waals surface area (Å²) >= 11 is 0. The van der Waals surface area contributed by atoms with Crippen molar-refractivity contribution in [1.82, 2.24) is 10.3 Å². The van der Waals surface area contributed by atoms with Gasteiger partial charge in [-0.3, -0.25) is 9.59 Å². The fourth-order valence-electron chi connectivity index (χ4n) is 2.23. The molecule has 0 aliphatic rings. The van der Waals surface area contributed by atoms with Crippen molar-refractivity contribution in [3.05, 3.63) is 81.9 Å². The largest absolute Gasteiger partial charge is 0.348 e. The molecule has 0 bridgehead atoms. The van der Waals surface area contributed by atoms with E-state index >= 15 is 0 Å². The SMILES string of the molecule is O=C(NCc1ccccc1F)c1cc2ccccc2[nH]c1=O. The minimum atomic E-state index is -0.532. The lowest BCUT2D eigenvalue weighted by atomic mass is 10.1. The predicted molar refractivity (Wildman–Crippen MR) is 82.1 cm³/mol. The van der Waals surface area contributed by atoms with Crippen LogP contribution in [0.1, 0.15) is 15.9 Å². The van der Waals surface area contributed by atoms with Gasteiger partial charge in [-0.1, -0.05) is 36.4 Å². The van der Waals surface area contributed by atoms with Gasteiger partial charge in [-0.05, 0) is 23.6 Å². The van der Waals surface area contributed by atoms with Gasteiger partial charge in [-0.15, -0.1) is 0 Å². The van der Waals surface area contributed by atoms with Crippen LogP contribution >= 0.6 is 0 Å². The summed E-state index contributed by atoms with van der Waals surface area (Å²) in [6, 6.07) is 14.9. The summed E-state index contributed by atoms with van der Waals surface area (Å²) in [7, 11) is 0. The third kappa shape index (κ3) is 2.74. The molecule has 1 heterocycles. The highest BCUT2D eigenvalue weighted by Gasteiger charge is 2.12. The van der Waals surface area contributed by atoms with Crippen LogP contribution in [0.4, 0.5) is 4.39 Å². The van der Waals surface area contributed by atoms with Crippen LogP contribution in [-0.2, 0) is 6.54 Å². The Morgan fingerprint density at radius 1 is 1.09 bits per heavy atom. The van der Waals surface area contributed by atoms with Gasteiger partial charge < -0.3 is 10.3 Å². The highest BCUT2D eigenvalue weighted by Crippen LogP contribution is 2.10. The summed E-state index contributed by atoms with van der Waals surface area (Å²) < 4.78 is 13.5. The molecule has 3 rings (SSSR count). The van der Waals surface area contributed by atoms with Crippen molar-refractivity contribution in [3.63, 3.8) is 0 Å². The van der Waals surface area contributed by atoms with Crippen molar-refractivity contribution in [2.75, 3.05) is 0 Å². The van der Waals surface area contributed by atoms with E-state index in [2.05, 4.69) is 10.3 Å². The maximum Gasteiger partial charge on any atom is 0.261 e. The minimum absolute atomic E-state index is 0.00930. The Balaban J connectivity index is 1.85. The summed E-state index contributed by atoms with van der Waals surface area (Å²) in [5.41, 5.74) is 0.575. The van der Waals surface area contributed by atoms with Gasteiger partial charge in [-0.25, -0.2) is 4.39 Å². The zero-order chi connectivity index (χ0) is 15.5. The molecule has 2 aromatic carbocycles. The van der Waals surface area contributed by atoms with Gasteiger partial charge >= 0.3 is 0 Å². The molecule has 0 aliphatic heterocycles. The Kier molecular flexibility index (Phi) is 3.70. The summed E-state index contributed by atoms with van der Waals surface area (Å²) in [5.74, 6) is -0.925. The molecule has 1 aromatic heterocycles. The van der Waals surface area contributed by atoms with Crippen LogP contribution in [0, 0.1) is 5.82 Å².